The third kappa shape index (κ3) is 3.34. The molecule has 5 rings (SSSR count). The van der Waals surface area contributed by atoms with E-state index in [0.29, 0.717) is 17.5 Å². The maximum atomic E-state index is 12.9. The molecule has 3 aliphatic carbocycles. The number of nitrogens with two attached hydrogens (primary N) is 1. The van der Waals surface area contributed by atoms with Crippen molar-refractivity contribution in [2.75, 3.05) is 0 Å². The first-order valence-corrected chi connectivity index (χ1v) is 11.1. The van der Waals surface area contributed by atoms with Gasteiger partial charge in [0.05, 0.1) is 5.56 Å². The Morgan fingerprint density at radius 3 is 2.70 bits per heavy atom. The van der Waals surface area contributed by atoms with E-state index >= 15 is 0 Å². The van der Waals surface area contributed by atoms with Crippen molar-refractivity contribution in [1.82, 2.24) is 15.2 Å². The molecule has 1 unspecified atom stereocenters. The minimum Gasteiger partial charge on any atom is -0.474 e. The molecule has 3 saturated carbocycles. The number of nitrogens with zero attached hydrogens (tertiary/aromatic N) is 2. The molecule has 1 atom stereocenters. The number of hydrogen-bond acceptors (Lipinski definition) is 5. The summed E-state index contributed by atoms with van der Waals surface area (Å²) in [6.07, 6.45) is 11.0. The van der Waals surface area contributed by atoms with Crippen molar-refractivity contribution in [2.45, 2.75) is 76.0 Å². The Bertz CT molecular complexity index is 865. The van der Waals surface area contributed by atoms with Gasteiger partial charge < -0.3 is 15.8 Å². The number of hydrogen-bond donors (Lipinski definition) is 2. The summed E-state index contributed by atoms with van der Waals surface area (Å²) < 4.78 is 6.06. The van der Waals surface area contributed by atoms with E-state index in [-0.39, 0.29) is 35.5 Å². The Kier molecular flexibility index (Phi) is 4.71. The van der Waals surface area contributed by atoms with Gasteiger partial charge >= 0.3 is 6.03 Å². The average Bonchev–Trinajstić information content (AvgIpc) is 3.25. The van der Waals surface area contributed by atoms with Gasteiger partial charge in [-0.3, -0.25) is 9.69 Å². The fourth-order valence-corrected chi connectivity index (χ4v) is 5.97. The van der Waals surface area contributed by atoms with Gasteiger partial charge in [0.2, 0.25) is 5.88 Å². The monoisotopic (exact) mass is 410 g/mol. The molecule has 30 heavy (non-hydrogen) atoms. The van der Waals surface area contributed by atoms with E-state index in [1.807, 2.05) is 12.1 Å². The molecule has 2 heterocycles. The highest BCUT2D eigenvalue weighted by Gasteiger charge is 2.58. The maximum Gasteiger partial charge on any atom is 0.325 e. The van der Waals surface area contributed by atoms with Crippen molar-refractivity contribution < 1.29 is 14.3 Å². The molecule has 1 aliphatic heterocycles. The van der Waals surface area contributed by atoms with Gasteiger partial charge in [-0.15, -0.1) is 0 Å². The number of carbonyl (C=O) groups excluding carboxylic acids is 2. The second kappa shape index (κ2) is 7.29. The maximum absolute atomic E-state index is 12.9. The Balaban J connectivity index is 1.13. The van der Waals surface area contributed by atoms with Crippen LogP contribution in [0.4, 0.5) is 4.79 Å². The number of nitrogens with one attached hydrogen (secondary N) is 1. The lowest BCUT2D eigenvalue weighted by atomic mass is 9.52. The summed E-state index contributed by atoms with van der Waals surface area (Å²) in [6.45, 7) is 3.78. The number of amides is 3. The lowest BCUT2D eigenvalue weighted by Gasteiger charge is -2.58. The first-order valence-electron chi connectivity index (χ1n) is 11.1. The predicted octanol–water partition coefficient (Wildman–Crippen LogP) is 3.20. The summed E-state index contributed by atoms with van der Waals surface area (Å²) in [7, 11) is 0. The molecule has 3 N–H and O–H groups in total. The Hall–Kier alpha value is -2.57. The highest BCUT2D eigenvalue weighted by atomic mass is 16.5. The largest absolute Gasteiger partial charge is 0.474 e. The Labute approximate surface area is 177 Å². The minimum absolute atomic E-state index is 0.0153. The molecule has 1 aromatic rings. The molecule has 0 radical (unpaired) electrons. The van der Waals surface area contributed by atoms with Gasteiger partial charge in [-0.05, 0) is 55.6 Å². The molecular weight excluding hydrogens is 380 g/mol. The molecule has 4 fully saturated rings. The predicted molar refractivity (Wildman–Crippen MR) is 112 cm³/mol. The van der Waals surface area contributed by atoms with Gasteiger partial charge in [-0.1, -0.05) is 32.3 Å². The molecule has 0 aromatic carbocycles. The highest BCUT2D eigenvalue weighted by molar-refractivity contribution is 6.04. The van der Waals surface area contributed by atoms with Crippen molar-refractivity contribution in [3.8, 4) is 5.88 Å². The third-order valence-electron chi connectivity index (χ3n) is 7.52. The normalized spacial score (nSPS) is 33.3. The van der Waals surface area contributed by atoms with Gasteiger partial charge in [0.25, 0.3) is 5.91 Å². The van der Waals surface area contributed by atoms with E-state index < -0.39 is 0 Å². The summed E-state index contributed by atoms with van der Waals surface area (Å²) in [5.41, 5.74) is 7.20. The first kappa shape index (κ1) is 19.4. The number of ether oxygens (including phenoxy) is 1. The third-order valence-corrected chi connectivity index (χ3v) is 7.52. The second-order valence-electron chi connectivity index (χ2n) is 9.69. The van der Waals surface area contributed by atoms with E-state index in [4.69, 9.17) is 10.5 Å². The highest BCUT2D eigenvalue weighted by Crippen LogP contribution is 2.58. The summed E-state index contributed by atoms with van der Waals surface area (Å²) in [4.78, 5) is 31.1. The van der Waals surface area contributed by atoms with Crippen LogP contribution in [-0.2, 0) is 4.79 Å². The van der Waals surface area contributed by atoms with Crippen molar-refractivity contribution in [1.29, 1.82) is 0 Å². The van der Waals surface area contributed by atoms with Crippen LogP contribution in [-0.4, -0.2) is 40.0 Å². The number of carbonyl (C=O) groups is 2. The van der Waals surface area contributed by atoms with Crippen LogP contribution < -0.4 is 15.8 Å². The van der Waals surface area contributed by atoms with Crippen LogP contribution in [0.1, 0.15) is 63.4 Å². The van der Waals surface area contributed by atoms with Gasteiger partial charge in [-0.25, -0.2) is 9.78 Å². The average molecular weight is 411 g/mol. The molecule has 1 saturated heterocycles. The quantitative estimate of drug-likeness (QED) is 0.702. The summed E-state index contributed by atoms with van der Waals surface area (Å²) >= 11 is 0. The van der Waals surface area contributed by atoms with Crippen molar-refractivity contribution in [3.63, 3.8) is 0 Å². The van der Waals surface area contributed by atoms with Crippen LogP contribution in [0.2, 0.25) is 0 Å². The standard InChI is InChI=1S/C23H30N4O3/c1-14(24)18-7-4-8-25-20(18)30-17-12-23(13-17)10-16(11-23)27-21(28)19(26-22(27)29)9-15-5-2-3-6-15/h4,7-8,15-17,19H,1-3,5-6,9-13,24H2,(H,26,29)/t16-,17-,19?,23?. The zero-order valence-electron chi connectivity index (χ0n) is 17.3. The molecule has 3 amide bonds. The molecular formula is C23H30N4O3. The lowest BCUT2D eigenvalue weighted by molar-refractivity contribution is -0.141. The van der Waals surface area contributed by atoms with Crippen LogP contribution in [0, 0.1) is 11.3 Å². The van der Waals surface area contributed by atoms with E-state index in [9.17, 15) is 9.59 Å². The molecule has 4 aliphatic rings. The number of aromatic nitrogens is 1. The van der Waals surface area contributed by atoms with Crippen LogP contribution >= 0.6 is 0 Å². The van der Waals surface area contributed by atoms with E-state index in [0.717, 1.165) is 37.7 Å². The van der Waals surface area contributed by atoms with Crippen molar-refractivity contribution >= 4 is 17.6 Å². The molecule has 7 heteroatoms. The van der Waals surface area contributed by atoms with E-state index in [2.05, 4.69) is 16.9 Å². The fourth-order valence-electron chi connectivity index (χ4n) is 5.97. The lowest BCUT2D eigenvalue weighted by Crippen LogP contribution is -2.60. The van der Waals surface area contributed by atoms with E-state index in [1.54, 1.807) is 6.20 Å². The molecule has 1 aromatic heterocycles. The van der Waals surface area contributed by atoms with Crippen LogP contribution in [0.15, 0.2) is 24.9 Å². The number of imide groups is 1. The van der Waals surface area contributed by atoms with Gasteiger partial charge in [0.15, 0.2) is 0 Å². The van der Waals surface area contributed by atoms with Crippen LogP contribution in [0.25, 0.3) is 5.70 Å². The summed E-state index contributed by atoms with van der Waals surface area (Å²) in [5.74, 6) is 1.10. The number of rotatable bonds is 6. The minimum atomic E-state index is -0.318. The van der Waals surface area contributed by atoms with Gasteiger partial charge in [0, 0.05) is 17.9 Å². The number of urea groups is 1. The SMILES string of the molecule is C=C(N)c1cccnc1O[C@H]1CC2(C1)C[C@H](N1C(=O)NC(CC3CCCC3)C1=O)C2. The molecule has 0 bridgehead atoms. The molecule has 7 nitrogen and oxygen atoms in total. The topological polar surface area (TPSA) is 97.6 Å². The van der Waals surface area contributed by atoms with E-state index in [1.165, 1.54) is 30.6 Å². The smallest absolute Gasteiger partial charge is 0.325 e. The zero-order valence-corrected chi connectivity index (χ0v) is 17.3. The van der Waals surface area contributed by atoms with Crippen molar-refractivity contribution in [2.24, 2.45) is 17.1 Å². The van der Waals surface area contributed by atoms with Crippen LogP contribution in [0.5, 0.6) is 5.88 Å². The first-order chi connectivity index (χ1) is 14.4. The Morgan fingerprint density at radius 1 is 1.27 bits per heavy atom. The number of pyridine rings is 1. The molecule has 1 spiro atoms. The van der Waals surface area contributed by atoms with Crippen molar-refractivity contribution in [3.05, 3.63) is 30.5 Å². The second-order valence-corrected chi connectivity index (χ2v) is 9.69. The van der Waals surface area contributed by atoms with Gasteiger partial charge in [-0.2, -0.15) is 0 Å². The zero-order chi connectivity index (χ0) is 20.9. The molecule has 160 valence electrons. The summed E-state index contributed by atoms with van der Waals surface area (Å²) in [6, 6.07) is 3.19. The Morgan fingerprint density at radius 2 is 2.00 bits per heavy atom. The van der Waals surface area contributed by atoms with Crippen LogP contribution in [0.3, 0.4) is 0 Å². The fraction of sp³-hybridized carbons (Fsp3) is 0.609. The summed E-state index contributed by atoms with van der Waals surface area (Å²) in [5, 5.41) is 2.94. The van der Waals surface area contributed by atoms with Gasteiger partial charge in [0.1, 0.15) is 12.1 Å².